The molecule has 4 rings (SSSR count). The second-order valence-corrected chi connectivity index (χ2v) is 8.73. The van der Waals surface area contributed by atoms with Crippen molar-refractivity contribution in [1.29, 1.82) is 0 Å². The molecule has 2 aliphatic carbocycles. The number of aryl methyl sites for hydroxylation is 1. The third kappa shape index (κ3) is 2.31. The number of fused-ring (bicyclic) bond motifs is 1. The number of rotatable bonds is 4. The number of carbonyl (C=O) groups excluding carboxylic acids is 1. The van der Waals surface area contributed by atoms with Gasteiger partial charge in [0, 0.05) is 18.0 Å². The van der Waals surface area contributed by atoms with Gasteiger partial charge in [-0.25, -0.2) is 4.98 Å². The Bertz CT molecular complexity index is 588. The van der Waals surface area contributed by atoms with Crippen molar-refractivity contribution in [2.45, 2.75) is 71.4 Å². The highest BCUT2D eigenvalue weighted by Crippen LogP contribution is 2.54. The van der Waals surface area contributed by atoms with Crippen LogP contribution in [0.25, 0.3) is 0 Å². The van der Waals surface area contributed by atoms with E-state index in [2.05, 4.69) is 4.90 Å². The zero-order valence-corrected chi connectivity index (χ0v) is 14.7. The Kier molecular flexibility index (Phi) is 3.55. The molecular weight excluding hydrogens is 292 g/mol. The number of aromatic nitrogens is 1. The standard InChI is InChI=1S/C18H26N2OS/c1-10(2)16(21)17-11(3)19-18(22-17)20-14(8-13-9-15(13)20)12-6-4-5-7-12/h10,12-15H,4-9H2,1-3H3/t13-,14?,15+/m1/s1. The molecule has 1 aromatic rings. The molecule has 3 nitrogen and oxygen atoms in total. The summed E-state index contributed by atoms with van der Waals surface area (Å²) in [6.07, 6.45) is 8.29. The Balaban J connectivity index is 1.62. The molecule has 3 fully saturated rings. The van der Waals surface area contributed by atoms with Crippen LogP contribution in [-0.2, 0) is 0 Å². The Labute approximate surface area is 137 Å². The van der Waals surface area contributed by atoms with Crippen LogP contribution in [0.2, 0.25) is 0 Å². The third-order valence-corrected chi connectivity index (χ3v) is 7.03. The minimum atomic E-state index is 0.0601. The van der Waals surface area contributed by atoms with Crippen LogP contribution in [0.4, 0.5) is 5.13 Å². The van der Waals surface area contributed by atoms with Crippen molar-refractivity contribution in [1.82, 2.24) is 4.98 Å². The fourth-order valence-electron chi connectivity index (χ4n) is 4.52. The molecule has 0 aromatic carbocycles. The zero-order chi connectivity index (χ0) is 15.4. The summed E-state index contributed by atoms with van der Waals surface area (Å²) in [6, 6.07) is 1.41. The Morgan fingerprint density at radius 2 is 1.82 bits per heavy atom. The summed E-state index contributed by atoms with van der Waals surface area (Å²) in [5, 5.41) is 1.13. The van der Waals surface area contributed by atoms with Gasteiger partial charge in [-0.05, 0) is 44.4 Å². The van der Waals surface area contributed by atoms with Crippen LogP contribution in [0, 0.1) is 24.7 Å². The van der Waals surface area contributed by atoms with Crippen molar-refractivity contribution in [3.63, 3.8) is 0 Å². The second kappa shape index (κ2) is 5.33. The molecule has 3 aliphatic rings. The average Bonchev–Trinajstić information content (AvgIpc) is 2.90. The lowest BCUT2D eigenvalue weighted by Gasteiger charge is -2.31. The first-order valence-corrected chi connectivity index (χ1v) is 9.68. The van der Waals surface area contributed by atoms with Crippen LogP contribution in [-0.4, -0.2) is 22.9 Å². The van der Waals surface area contributed by atoms with Crippen molar-refractivity contribution < 1.29 is 4.79 Å². The van der Waals surface area contributed by atoms with Gasteiger partial charge in [0.1, 0.15) is 0 Å². The number of Topliss-reactive ketones (excluding diaryl/α,β-unsaturated/α-hetero) is 1. The largest absolute Gasteiger partial charge is 0.342 e. The van der Waals surface area contributed by atoms with Gasteiger partial charge in [-0.3, -0.25) is 4.79 Å². The molecule has 0 radical (unpaired) electrons. The van der Waals surface area contributed by atoms with Gasteiger partial charge in [-0.1, -0.05) is 38.0 Å². The summed E-state index contributed by atoms with van der Waals surface area (Å²) in [7, 11) is 0. The number of carbonyl (C=O) groups is 1. The normalized spacial score (nSPS) is 31.1. The van der Waals surface area contributed by atoms with Crippen LogP contribution in [0.3, 0.4) is 0 Å². The maximum atomic E-state index is 12.4. The first-order valence-electron chi connectivity index (χ1n) is 8.86. The molecule has 3 atom stereocenters. The molecule has 1 aliphatic heterocycles. The molecule has 0 bridgehead atoms. The van der Waals surface area contributed by atoms with E-state index in [1.807, 2.05) is 20.8 Å². The summed E-state index contributed by atoms with van der Waals surface area (Å²) in [5.41, 5.74) is 0.938. The number of thiazole rings is 1. The van der Waals surface area contributed by atoms with E-state index >= 15 is 0 Å². The minimum Gasteiger partial charge on any atom is -0.342 e. The monoisotopic (exact) mass is 318 g/mol. The van der Waals surface area contributed by atoms with E-state index in [4.69, 9.17) is 4.98 Å². The van der Waals surface area contributed by atoms with Crippen LogP contribution >= 0.6 is 11.3 Å². The van der Waals surface area contributed by atoms with Crippen molar-refractivity contribution in [2.75, 3.05) is 4.90 Å². The number of hydrogen-bond acceptors (Lipinski definition) is 4. The molecule has 2 heterocycles. The maximum Gasteiger partial charge on any atom is 0.186 e. The van der Waals surface area contributed by atoms with Crippen LogP contribution < -0.4 is 4.90 Å². The average molecular weight is 318 g/mol. The molecule has 1 unspecified atom stereocenters. The molecule has 120 valence electrons. The number of nitrogens with zero attached hydrogens (tertiary/aromatic N) is 2. The Morgan fingerprint density at radius 1 is 1.18 bits per heavy atom. The fourth-order valence-corrected chi connectivity index (χ4v) is 5.80. The lowest BCUT2D eigenvalue weighted by Crippen LogP contribution is -2.37. The predicted molar refractivity (Wildman–Crippen MR) is 90.8 cm³/mol. The van der Waals surface area contributed by atoms with Gasteiger partial charge in [0.2, 0.25) is 0 Å². The van der Waals surface area contributed by atoms with Gasteiger partial charge in [0.15, 0.2) is 10.9 Å². The van der Waals surface area contributed by atoms with Crippen LogP contribution in [0.1, 0.15) is 67.7 Å². The van der Waals surface area contributed by atoms with E-state index in [9.17, 15) is 4.79 Å². The smallest absolute Gasteiger partial charge is 0.186 e. The Hall–Kier alpha value is -0.900. The summed E-state index contributed by atoms with van der Waals surface area (Å²) in [6.45, 7) is 5.96. The maximum absolute atomic E-state index is 12.4. The minimum absolute atomic E-state index is 0.0601. The number of ketones is 1. The molecule has 0 N–H and O–H groups in total. The highest BCUT2D eigenvalue weighted by Gasteiger charge is 2.54. The van der Waals surface area contributed by atoms with E-state index in [1.54, 1.807) is 11.3 Å². The Morgan fingerprint density at radius 3 is 2.45 bits per heavy atom. The molecular formula is C18H26N2OS. The van der Waals surface area contributed by atoms with Gasteiger partial charge >= 0.3 is 0 Å². The lowest BCUT2D eigenvalue weighted by atomic mass is 9.94. The highest BCUT2D eigenvalue weighted by atomic mass is 32.1. The van der Waals surface area contributed by atoms with Crippen molar-refractivity contribution in [2.24, 2.45) is 17.8 Å². The second-order valence-electron chi connectivity index (χ2n) is 7.75. The molecule has 22 heavy (non-hydrogen) atoms. The third-order valence-electron chi connectivity index (χ3n) is 5.84. The number of piperidine rings is 1. The summed E-state index contributed by atoms with van der Waals surface area (Å²) in [4.78, 5) is 20.7. The summed E-state index contributed by atoms with van der Waals surface area (Å²) < 4.78 is 0. The first-order chi connectivity index (χ1) is 10.6. The van der Waals surface area contributed by atoms with E-state index in [0.29, 0.717) is 6.04 Å². The molecule has 1 aromatic heterocycles. The van der Waals surface area contributed by atoms with Crippen LogP contribution in [0.5, 0.6) is 0 Å². The van der Waals surface area contributed by atoms with Crippen molar-refractivity contribution >= 4 is 22.3 Å². The van der Waals surface area contributed by atoms with Gasteiger partial charge in [0.25, 0.3) is 0 Å². The topological polar surface area (TPSA) is 33.2 Å². The van der Waals surface area contributed by atoms with Gasteiger partial charge in [-0.2, -0.15) is 0 Å². The summed E-state index contributed by atoms with van der Waals surface area (Å²) in [5.74, 6) is 2.08. The molecule has 2 saturated carbocycles. The van der Waals surface area contributed by atoms with Crippen LogP contribution in [0.15, 0.2) is 0 Å². The van der Waals surface area contributed by atoms with E-state index in [0.717, 1.165) is 33.6 Å². The van der Waals surface area contributed by atoms with E-state index in [-0.39, 0.29) is 11.7 Å². The molecule has 4 heteroatoms. The molecule has 1 saturated heterocycles. The molecule has 0 amide bonds. The quantitative estimate of drug-likeness (QED) is 0.769. The number of anilines is 1. The zero-order valence-electron chi connectivity index (χ0n) is 13.8. The lowest BCUT2D eigenvalue weighted by molar-refractivity contribution is 0.0942. The SMILES string of the molecule is Cc1nc(N2C(C3CCCC3)C[C@@H]3C[C@@H]32)sc1C(=O)C(C)C. The van der Waals surface area contributed by atoms with Crippen molar-refractivity contribution in [3.8, 4) is 0 Å². The summed E-state index contributed by atoms with van der Waals surface area (Å²) >= 11 is 1.65. The number of hydrogen-bond donors (Lipinski definition) is 0. The first kappa shape index (κ1) is 14.7. The van der Waals surface area contributed by atoms with Gasteiger partial charge < -0.3 is 4.90 Å². The van der Waals surface area contributed by atoms with Gasteiger partial charge in [0.05, 0.1) is 10.6 Å². The fraction of sp³-hybridized carbons (Fsp3) is 0.778. The predicted octanol–water partition coefficient (Wildman–Crippen LogP) is 4.45. The van der Waals surface area contributed by atoms with E-state index < -0.39 is 0 Å². The van der Waals surface area contributed by atoms with Gasteiger partial charge in [-0.15, -0.1) is 0 Å². The highest BCUT2D eigenvalue weighted by molar-refractivity contribution is 7.17. The molecule has 0 spiro atoms. The van der Waals surface area contributed by atoms with Crippen molar-refractivity contribution in [3.05, 3.63) is 10.6 Å². The van der Waals surface area contributed by atoms with E-state index in [1.165, 1.54) is 38.5 Å².